The fourth-order valence-corrected chi connectivity index (χ4v) is 4.02. The van der Waals surface area contributed by atoms with Crippen LogP contribution in [0.25, 0.3) is 11.4 Å². The van der Waals surface area contributed by atoms with E-state index in [1.807, 2.05) is 13.0 Å². The lowest BCUT2D eigenvalue weighted by Crippen LogP contribution is -2.22. The van der Waals surface area contributed by atoms with E-state index in [4.69, 9.17) is 4.74 Å². The minimum atomic E-state index is -0.558. The highest BCUT2D eigenvalue weighted by Crippen LogP contribution is 2.30. The van der Waals surface area contributed by atoms with Crippen molar-refractivity contribution in [1.82, 2.24) is 14.8 Å². The van der Waals surface area contributed by atoms with Crippen LogP contribution in [0.4, 0.5) is 8.78 Å². The molecule has 156 valence electrons. The molecule has 1 aromatic heterocycles. The van der Waals surface area contributed by atoms with E-state index in [1.165, 1.54) is 19.2 Å². The quantitative estimate of drug-likeness (QED) is 0.580. The summed E-state index contributed by atoms with van der Waals surface area (Å²) in [6, 6.07) is 9.15. The third-order valence-electron chi connectivity index (χ3n) is 5.78. The normalized spacial score (nSPS) is 15.7. The van der Waals surface area contributed by atoms with Gasteiger partial charge in [-0.15, -0.1) is 10.2 Å². The number of esters is 1. The van der Waals surface area contributed by atoms with Gasteiger partial charge in [-0.1, -0.05) is 12.1 Å². The molecule has 1 aliphatic heterocycles. The first kappa shape index (κ1) is 20.2. The number of aryl methyl sites for hydroxylation is 3. The van der Waals surface area contributed by atoms with Gasteiger partial charge in [0.25, 0.3) is 0 Å². The molecule has 5 nitrogen and oxygen atoms in total. The maximum atomic E-state index is 14.0. The zero-order valence-corrected chi connectivity index (χ0v) is 17.0. The smallest absolute Gasteiger partial charge is 0.337 e. The Morgan fingerprint density at radius 3 is 2.80 bits per heavy atom. The summed E-state index contributed by atoms with van der Waals surface area (Å²) in [5.74, 6) is 0.529. The molecule has 2 aromatic carbocycles. The number of carbonyl (C=O) groups is 1. The Morgan fingerprint density at radius 1 is 1.20 bits per heavy atom. The first-order valence-corrected chi connectivity index (χ1v) is 10.0. The summed E-state index contributed by atoms with van der Waals surface area (Å²) >= 11 is 0. The minimum absolute atomic E-state index is 0.334. The van der Waals surface area contributed by atoms with Crippen LogP contribution in [-0.2, 0) is 24.1 Å². The molecular weight excluding hydrogens is 388 g/mol. The molecule has 0 fully saturated rings. The second-order valence-corrected chi connectivity index (χ2v) is 7.75. The molecule has 3 aromatic rings. The average Bonchev–Trinajstić information content (AvgIpc) is 3.16. The van der Waals surface area contributed by atoms with Gasteiger partial charge in [0.1, 0.15) is 17.5 Å². The van der Waals surface area contributed by atoms with E-state index >= 15 is 0 Å². The van der Waals surface area contributed by atoms with Gasteiger partial charge in [0.15, 0.2) is 5.82 Å². The van der Waals surface area contributed by atoms with Gasteiger partial charge in [0, 0.05) is 24.6 Å². The second kappa shape index (κ2) is 8.34. The van der Waals surface area contributed by atoms with Crippen LogP contribution in [0.5, 0.6) is 0 Å². The van der Waals surface area contributed by atoms with Gasteiger partial charge in [-0.25, -0.2) is 13.6 Å². The number of rotatable bonds is 5. The van der Waals surface area contributed by atoms with Gasteiger partial charge >= 0.3 is 5.97 Å². The summed E-state index contributed by atoms with van der Waals surface area (Å²) in [5, 5.41) is 8.73. The second-order valence-electron chi connectivity index (χ2n) is 7.75. The highest BCUT2D eigenvalue weighted by Gasteiger charge is 2.25. The van der Waals surface area contributed by atoms with Crippen molar-refractivity contribution in [3.8, 4) is 11.4 Å². The summed E-state index contributed by atoms with van der Waals surface area (Å²) in [5.41, 5.74) is 2.85. The molecule has 0 saturated heterocycles. The van der Waals surface area contributed by atoms with E-state index in [-0.39, 0.29) is 0 Å². The van der Waals surface area contributed by atoms with E-state index in [0.717, 1.165) is 54.6 Å². The van der Waals surface area contributed by atoms with Gasteiger partial charge in [-0.05, 0) is 61.4 Å². The molecule has 1 unspecified atom stereocenters. The predicted octanol–water partition coefficient (Wildman–Crippen LogP) is 4.51. The number of aromatic nitrogens is 3. The molecule has 0 aliphatic carbocycles. The molecule has 0 radical (unpaired) electrons. The average molecular weight is 411 g/mol. The van der Waals surface area contributed by atoms with Crippen molar-refractivity contribution in [3.05, 3.63) is 70.5 Å². The van der Waals surface area contributed by atoms with Crippen molar-refractivity contribution in [2.75, 3.05) is 7.11 Å². The Morgan fingerprint density at radius 2 is 2.03 bits per heavy atom. The third kappa shape index (κ3) is 3.97. The minimum Gasteiger partial charge on any atom is -0.465 e. The van der Waals surface area contributed by atoms with Gasteiger partial charge in [0.2, 0.25) is 0 Å². The molecule has 0 amide bonds. The summed E-state index contributed by atoms with van der Waals surface area (Å²) < 4.78 is 34.0. The molecule has 1 aliphatic rings. The SMILES string of the molecule is COC(=O)c1ccc(C)c(-c2nnc3n2CC(CCc2ccc(F)cc2F)CC3)c1. The molecule has 7 heteroatoms. The number of carbonyl (C=O) groups excluding carboxylic acids is 1. The van der Waals surface area contributed by atoms with Crippen LogP contribution in [0.1, 0.15) is 40.2 Å². The monoisotopic (exact) mass is 411 g/mol. The molecule has 2 heterocycles. The fourth-order valence-electron chi connectivity index (χ4n) is 4.02. The Bertz CT molecular complexity index is 1090. The van der Waals surface area contributed by atoms with Crippen LogP contribution in [0.3, 0.4) is 0 Å². The Kier molecular flexibility index (Phi) is 5.61. The van der Waals surface area contributed by atoms with Gasteiger partial charge < -0.3 is 9.30 Å². The van der Waals surface area contributed by atoms with Crippen molar-refractivity contribution in [2.45, 2.75) is 39.2 Å². The lowest BCUT2D eigenvalue weighted by atomic mass is 9.92. The summed E-state index contributed by atoms with van der Waals surface area (Å²) in [4.78, 5) is 11.9. The van der Waals surface area contributed by atoms with E-state index in [1.54, 1.807) is 12.1 Å². The molecule has 0 spiro atoms. The highest BCUT2D eigenvalue weighted by molar-refractivity contribution is 5.91. The fraction of sp³-hybridized carbons (Fsp3) is 0.348. The van der Waals surface area contributed by atoms with Crippen molar-refractivity contribution >= 4 is 5.97 Å². The lowest BCUT2D eigenvalue weighted by molar-refractivity contribution is 0.0601. The molecule has 1 atom stereocenters. The molecule has 0 bridgehead atoms. The summed E-state index contributed by atoms with van der Waals surface area (Å²) in [6.07, 6.45) is 3.09. The van der Waals surface area contributed by atoms with Crippen molar-refractivity contribution in [2.24, 2.45) is 5.92 Å². The number of halogens is 2. The standard InChI is InChI=1S/C23H23F2N3O2/c1-14-3-6-17(23(29)30-2)11-19(14)22-27-26-21-10-5-15(13-28(21)22)4-7-16-8-9-18(24)12-20(16)25/h3,6,8-9,11-12,15H,4-5,7,10,13H2,1-2H3. The zero-order chi connectivity index (χ0) is 21.3. The first-order valence-electron chi connectivity index (χ1n) is 10.0. The number of benzene rings is 2. The lowest BCUT2D eigenvalue weighted by Gasteiger charge is -2.25. The van der Waals surface area contributed by atoms with Gasteiger partial charge in [-0.2, -0.15) is 0 Å². The maximum absolute atomic E-state index is 14.0. The molecular formula is C23H23F2N3O2. The Balaban J connectivity index is 1.55. The highest BCUT2D eigenvalue weighted by atomic mass is 19.1. The number of ether oxygens (including phenoxy) is 1. The summed E-state index contributed by atoms with van der Waals surface area (Å²) in [7, 11) is 1.36. The van der Waals surface area contributed by atoms with Crippen LogP contribution >= 0.6 is 0 Å². The Labute approximate surface area is 173 Å². The summed E-state index contributed by atoms with van der Waals surface area (Å²) in [6.45, 7) is 2.69. The maximum Gasteiger partial charge on any atom is 0.337 e. The van der Waals surface area contributed by atoms with Crippen LogP contribution in [-0.4, -0.2) is 27.8 Å². The van der Waals surface area contributed by atoms with Crippen LogP contribution in [0.15, 0.2) is 36.4 Å². The van der Waals surface area contributed by atoms with Crippen LogP contribution < -0.4 is 0 Å². The Hall–Kier alpha value is -3.09. The van der Waals surface area contributed by atoms with E-state index in [0.29, 0.717) is 23.5 Å². The third-order valence-corrected chi connectivity index (χ3v) is 5.78. The van der Waals surface area contributed by atoms with Gasteiger partial charge in [0.05, 0.1) is 12.7 Å². The number of nitrogens with zero attached hydrogens (tertiary/aromatic N) is 3. The zero-order valence-electron chi connectivity index (χ0n) is 17.0. The van der Waals surface area contributed by atoms with Crippen LogP contribution in [0.2, 0.25) is 0 Å². The van der Waals surface area contributed by atoms with Crippen LogP contribution in [0, 0.1) is 24.5 Å². The molecule has 4 rings (SSSR count). The molecule has 0 saturated carbocycles. The van der Waals surface area contributed by atoms with E-state index in [9.17, 15) is 13.6 Å². The van der Waals surface area contributed by atoms with Crippen molar-refractivity contribution in [3.63, 3.8) is 0 Å². The number of methoxy groups -OCH3 is 1. The molecule has 30 heavy (non-hydrogen) atoms. The van der Waals surface area contributed by atoms with E-state index in [2.05, 4.69) is 14.8 Å². The number of hydrogen-bond donors (Lipinski definition) is 0. The number of fused-ring (bicyclic) bond motifs is 1. The van der Waals surface area contributed by atoms with Gasteiger partial charge in [-0.3, -0.25) is 0 Å². The predicted molar refractivity (Wildman–Crippen MR) is 108 cm³/mol. The van der Waals surface area contributed by atoms with Crippen molar-refractivity contribution < 1.29 is 18.3 Å². The first-order chi connectivity index (χ1) is 14.5. The molecule has 0 N–H and O–H groups in total. The van der Waals surface area contributed by atoms with Crippen molar-refractivity contribution in [1.29, 1.82) is 0 Å². The van der Waals surface area contributed by atoms with E-state index < -0.39 is 17.6 Å². The largest absolute Gasteiger partial charge is 0.465 e. The topological polar surface area (TPSA) is 57.0 Å². The number of hydrogen-bond acceptors (Lipinski definition) is 4.